The van der Waals surface area contributed by atoms with Crippen molar-refractivity contribution in [3.63, 3.8) is 0 Å². The first-order chi connectivity index (χ1) is 9.46. The quantitative estimate of drug-likeness (QED) is 0.937. The Morgan fingerprint density at radius 1 is 1.20 bits per heavy atom. The third kappa shape index (κ3) is 2.73. The number of pyridine rings is 1. The Morgan fingerprint density at radius 2 is 1.95 bits per heavy atom. The van der Waals surface area contributed by atoms with Gasteiger partial charge in [-0.3, -0.25) is 0 Å². The molecular weight excluding hydrogens is 274 g/mol. The molecule has 4 nitrogen and oxygen atoms in total. The van der Waals surface area contributed by atoms with Gasteiger partial charge in [-0.2, -0.15) is 0 Å². The van der Waals surface area contributed by atoms with Crippen molar-refractivity contribution < 1.29 is 13.5 Å². The lowest BCUT2D eigenvalue weighted by atomic mass is 10.0. The molecule has 5 heteroatoms. The molecule has 0 aliphatic carbocycles. The summed E-state index contributed by atoms with van der Waals surface area (Å²) >= 11 is 0. The zero-order valence-electron chi connectivity index (χ0n) is 11.4. The number of sulfone groups is 1. The highest BCUT2D eigenvalue weighted by molar-refractivity contribution is 7.91. The monoisotopic (exact) mass is 291 g/mol. The average Bonchev–Trinajstić information content (AvgIpc) is 2.44. The Morgan fingerprint density at radius 3 is 2.55 bits per heavy atom. The van der Waals surface area contributed by atoms with Gasteiger partial charge >= 0.3 is 0 Å². The molecule has 0 amide bonds. The number of aryl methyl sites for hydroxylation is 2. The highest BCUT2D eigenvalue weighted by atomic mass is 32.2. The van der Waals surface area contributed by atoms with Crippen molar-refractivity contribution in [1.82, 2.24) is 4.98 Å². The van der Waals surface area contributed by atoms with E-state index in [0.717, 1.165) is 11.1 Å². The van der Waals surface area contributed by atoms with Crippen molar-refractivity contribution in [3.8, 4) is 0 Å². The summed E-state index contributed by atoms with van der Waals surface area (Å²) in [6.07, 6.45) is 1.43. The van der Waals surface area contributed by atoms with Gasteiger partial charge in [-0.15, -0.1) is 0 Å². The number of benzene rings is 1. The zero-order valence-corrected chi connectivity index (χ0v) is 12.3. The van der Waals surface area contributed by atoms with Crippen LogP contribution in [0.5, 0.6) is 0 Å². The number of hydrogen-bond donors (Lipinski definition) is 1. The highest BCUT2D eigenvalue weighted by Gasteiger charge is 2.30. The van der Waals surface area contributed by atoms with Crippen LogP contribution < -0.4 is 0 Å². The van der Waals surface area contributed by atoms with E-state index in [-0.39, 0.29) is 5.03 Å². The third-order valence-corrected chi connectivity index (χ3v) is 5.23. The first-order valence-electron chi connectivity index (χ1n) is 6.29. The molecule has 0 bridgehead atoms. The molecule has 0 saturated carbocycles. The van der Waals surface area contributed by atoms with E-state index >= 15 is 0 Å². The van der Waals surface area contributed by atoms with Crippen LogP contribution in [0.3, 0.4) is 0 Å². The van der Waals surface area contributed by atoms with Crippen molar-refractivity contribution in [2.24, 2.45) is 0 Å². The highest BCUT2D eigenvalue weighted by Crippen LogP contribution is 2.30. The van der Waals surface area contributed by atoms with Crippen molar-refractivity contribution in [3.05, 3.63) is 59.3 Å². The molecule has 20 heavy (non-hydrogen) atoms. The van der Waals surface area contributed by atoms with E-state index in [1.807, 2.05) is 26.0 Å². The molecule has 0 aliphatic rings. The summed E-state index contributed by atoms with van der Waals surface area (Å²) in [5, 5.41) is 8.58. The third-order valence-electron chi connectivity index (χ3n) is 3.25. The van der Waals surface area contributed by atoms with Crippen molar-refractivity contribution in [1.29, 1.82) is 0 Å². The van der Waals surface area contributed by atoms with Crippen LogP contribution in [0.4, 0.5) is 0 Å². The molecule has 0 fully saturated rings. The van der Waals surface area contributed by atoms with Gasteiger partial charge in [0.1, 0.15) is 5.25 Å². The summed E-state index contributed by atoms with van der Waals surface area (Å²) in [5.41, 5.74) is 2.42. The fourth-order valence-corrected chi connectivity index (χ4v) is 3.68. The smallest absolute Gasteiger partial charge is 0.204 e. The van der Waals surface area contributed by atoms with E-state index in [2.05, 4.69) is 4.98 Å². The van der Waals surface area contributed by atoms with Crippen LogP contribution in [0.1, 0.15) is 21.9 Å². The second kappa shape index (κ2) is 5.73. The Labute approximate surface area is 119 Å². The molecule has 1 aromatic heterocycles. The van der Waals surface area contributed by atoms with Gasteiger partial charge in [0.2, 0.25) is 9.84 Å². The molecule has 1 N–H and O–H groups in total. The van der Waals surface area contributed by atoms with Crippen LogP contribution in [-0.2, 0) is 9.84 Å². The normalized spacial score (nSPS) is 13.2. The SMILES string of the molecule is Cc1ccc(C)c(C(CO)S(=O)(=O)c2ccccn2)c1. The van der Waals surface area contributed by atoms with Crippen molar-refractivity contribution >= 4 is 9.84 Å². The molecule has 2 rings (SSSR count). The number of aliphatic hydroxyl groups is 1. The van der Waals surface area contributed by atoms with E-state index in [9.17, 15) is 13.5 Å². The van der Waals surface area contributed by atoms with E-state index in [4.69, 9.17) is 0 Å². The summed E-state index contributed by atoms with van der Waals surface area (Å²) in [7, 11) is -3.70. The molecule has 1 unspecified atom stereocenters. The van der Waals surface area contributed by atoms with Crippen LogP contribution >= 0.6 is 0 Å². The number of aliphatic hydroxyl groups excluding tert-OH is 1. The Hall–Kier alpha value is -1.72. The molecule has 1 heterocycles. The van der Waals surface area contributed by atoms with Crippen molar-refractivity contribution in [2.45, 2.75) is 24.1 Å². The van der Waals surface area contributed by atoms with Crippen molar-refractivity contribution in [2.75, 3.05) is 6.61 Å². The zero-order chi connectivity index (χ0) is 14.8. The van der Waals surface area contributed by atoms with E-state index in [1.54, 1.807) is 18.2 Å². The predicted molar refractivity (Wildman–Crippen MR) is 77.2 cm³/mol. The topological polar surface area (TPSA) is 67.3 Å². The lowest BCUT2D eigenvalue weighted by Gasteiger charge is -2.18. The molecule has 1 aromatic carbocycles. The minimum absolute atomic E-state index is 0.0139. The standard InChI is InChI=1S/C15H17NO3S/c1-11-6-7-12(2)13(9-11)14(10-17)20(18,19)15-5-3-4-8-16-15/h3-9,14,17H,10H2,1-2H3. The lowest BCUT2D eigenvalue weighted by Crippen LogP contribution is -2.19. The first kappa shape index (κ1) is 14.7. The molecule has 0 saturated heterocycles. The summed E-state index contributed by atoms with van der Waals surface area (Å²) in [5.74, 6) is 0. The predicted octanol–water partition coefficient (Wildman–Crippen LogP) is 2.21. The maximum absolute atomic E-state index is 12.6. The summed E-state index contributed by atoms with van der Waals surface area (Å²) in [4.78, 5) is 3.90. The van der Waals surface area contributed by atoms with Crippen LogP contribution in [0, 0.1) is 13.8 Å². The summed E-state index contributed by atoms with van der Waals surface area (Å²) < 4.78 is 25.2. The van der Waals surface area contributed by atoms with Gasteiger partial charge in [-0.1, -0.05) is 29.8 Å². The number of hydrogen-bond acceptors (Lipinski definition) is 4. The minimum Gasteiger partial charge on any atom is -0.395 e. The second-order valence-corrected chi connectivity index (χ2v) is 6.82. The molecular formula is C15H17NO3S. The Kier molecular flexibility index (Phi) is 4.20. The largest absolute Gasteiger partial charge is 0.395 e. The van der Waals surface area contributed by atoms with Gasteiger partial charge in [-0.25, -0.2) is 13.4 Å². The second-order valence-electron chi connectivity index (χ2n) is 4.74. The fourth-order valence-electron chi connectivity index (χ4n) is 2.13. The molecule has 0 spiro atoms. The maximum Gasteiger partial charge on any atom is 0.204 e. The fraction of sp³-hybridized carbons (Fsp3) is 0.267. The van der Waals surface area contributed by atoms with Crippen LogP contribution in [0.2, 0.25) is 0 Å². The molecule has 106 valence electrons. The van der Waals surface area contributed by atoms with Crippen LogP contribution in [0.25, 0.3) is 0 Å². The van der Waals surface area contributed by atoms with Gasteiger partial charge < -0.3 is 5.11 Å². The van der Waals surface area contributed by atoms with Crippen LogP contribution in [-0.4, -0.2) is 25.1 Å². The number of rotatable bonds is 4. The Balaban J connectivity index is 2.55. The summed E-state index contributed by atoms with van der Waals surface area (Å²) in [6, 6.07) is 10.3. The van der Waals surface area contributed by atoms with E-state index in [0.29, 0.717) is 5.56 Å². The molecule has 2 aromatic rings. The van der Waals surface area contributed by atoms with Gasteiger partial charge in [0.25, 0.3) is 0 Å². The Bertz CT molecular complexity index is 696. The van der Waals surface area contributed by atoms with E-state index < -0.39 is 21.7 Å². The maximum atomic E-state index is 12.6. The van der Waals surface area contributed by atoms with Gasteiger partial charge in [0, 0.05) is 6.20 Å². The average molecular weight is 291 g/mol. The minimum atomic E-state index is -3.70. The molecule has 0 radical (unpaired) electrons. The molecule has 1 atom stereocenters. The molecule has 0 aliphatic heterocycles. The van der Waals surface area contributed by atoms with Gasteiger partial charge in [0.05, 0.1) is 6.61 Å². The van der Waals surface area contributed by atoms with Gasteiger partial charge in [-0.05, 0) is 37.1 Å². The summed E-state index contributed by atoms with van der Waals surface area (Å²) in [6.45, 7) is 3.26. The van der Waals surface area contributed by atoms with Gasteiger partial charge in [0.15, 0.2) is 5.03 Å². The van der Waals surface area contributed by atoms with Crippen LogP contribution in [0.15, 0.2) is 47.6 Å². The number of aromatic nitrogens is 1. The number of nitrogens with zero attached hydrogens (tertiary/aromatic N) is 1. The van der Waals surface area contributed by atoms with E-state index in [1.165, 1.54) is 12.3 Å². The first-order valence-corrected chi connectivity index (χ1v) is 7.84. The lowest BCUT2D eigenvalue weighted by molar-refractivity contribution is 0.291.